The summed E-state index contributed by atoms with van der Waals surface area (Å²) in [6.45, 7) is 0.0249. The first kappa shape index (κ1) is 16.4. The summed E-state index contributed by atoms with van der Waals surface area (Å²) in [6, 6.07) is 12.3. The van der Waals surface area contributed by atoms with E-state index in [2.05, 4.69) is 25.7 Å². The van der Waals surface area contributed by atoms with Gasteiger partial charge in [0, 0.05) is 5.56 Å². The minimum atomic E-state index is -0.516. The van der Waals surface area contributed by atoms with Crippen LogP contribution in [0.25, 0.3) is 11.3 Å². The molecule has 27 heavy (non-hydrogen) atoms. The average Bonchev–Trinajstić information content (AvgIpc) is 3.16. The van der Waals surface area contributed by atoms with Gasteiger partial charge in [0.2, 0.25) is 6.79 Å². The van der Waals surface area contributed by atoms with Crippen molar-refractivity contribution in [2.24, 2.45) is 5.10 Å². The lowest BCUT2D eigenvalue weighted by Gasteiger charge is -2.02. The predicted octanol–water partition coefficient (Wildman–Crippen LogP) is 2.62. The SMILES string of the molecule is O=[N+]([O-])c1cc2c(cc1/C=N/Nc1nncc(-c3ccccc3)n1)OCO2. The minimum absolute atomic E-state index is 0.0249. The standard InChI is InChI=1S/C17H12N6O4/c24-23(25)14-7-16-15(26-10-27-16)6-12(14)8-18-21-17-20-13(9-19-22-17)11-4-2-1-3-5-11/h1-9H,10H2,(H,20,21,22)/b18-8+. The smallest absolute Gasteiger partial charge is 0.282 e. The van der Waals surface area contributed by atoms with Crippen LogP contribution in [0.1, 0.15) is 5.56 Å². The molecule has 0 saturated carbocycles. The first-order valence-electron chi connectivity index (χ1n) is 7.83. The van der Waals surface area contributed by atoms with E-state index in [1.807, 2.05) is 30.3 Å². The zero-order chi connectivity index (χ0) is 18.6. The summed E-state index contributed by atoms with van der Waals surface area (Å²) in [5.41, 5.74) is 4.23. The van der Waals surface area contributed by atoms with Crippen LogP contribution in [0.5, 0.6) is 11.5 Å². The minimum Gasteiger partial charge on any atom is -0.454 e. The topological polar surface area (TPSA) is 125 Å². The normalized spacial score (nSPS) is 12.3. The molecule has 4 rings (SSSR count). The van der Waals surface area contributed by atoms with Crippen LogP contribution in [0.3, 0.4) is 0 Å². The Hall–Kier alpha value is -4.08. The molecule has 1 aromatic heterocycles. The van der Waals surface area contributed by atoms with E-state index in [1.54, 1.807) is 0 Å². The highest BCUT2D eigenvalue weighted by molar-refractivity contribution is 5.87. The molecule has 10 heteroatoms. The number of nitro benzene ring substituents is 1. The molecule has 2 heterocycles. The van der Waals surface area contributed by atoms with Gasteiger partial charge in [0.05, 0.1) is 34.7 Å². The van der Waals surface area contributed by atoms with E-state index >= 15 is 0 Å². The molecule has 0 amide bonds. The van der Waals surface area contributed by atoms with E-state index in [-0.39, 0.29) is 24.0 Å². The Morgan fingerprint density at radius 1 is 1.19 bits per heavy atom. The maximum atomic E-state index is 11.2. The number of aromatic nitrogens is 3. The highest BCUT2D eigenvalue weighted by atomic mass is 16.7. The van der Waals surface area contributed by atoms with Crippen molar-refractivity contribution in [1.82, 2.24) is 15.2 Å². The summed E-state index contributed by atoms with van der Waals surface area (Å²) in [4.78, 5) is 15.0. The van der Waals surface area contributed by atoms with Crippen LogP contribution in [-0.2, 0) is 0 Å². The summed E-state index contributed by atoms with van der Waals surface area (Å²) in [6.07, 6.45) is 2.82. The molecular formula is C17H12N6O4. The van der Waals surface area contributed by atoms with Gasteiger partial charge in [-0.1, -0.05) is 30.3 Å². The lowest BCUT2D eigenvalue weighted by molar-refractivity contribution is -0.385. The zero-order valence-corrected chi connectivity index (χ0v) is 13.8. The molecule has 1 N–H and O–H groups in total. The molecule has 0 aliphatic carbocycles. The number of hydrazone groups is 1. The van der Waals surface area contributed by atoms with Crippen LogP contribution < -0.4 is 14.9 Å². The fraction of sp³-hybridized carbons (Fsp3) is 0.0588. The fourth-order valence-electron chi connectivity index (χ4n) is 2.47. The second-order valence-corrected chi connectivity index (χ2v) is 5.42. The van der Waals surface area contributed by atoms with Crippen molar-refractivity contribution in [3.8, 4) is 22.8 Å². The molecule has 3 aromatic rings. The first-order valence-corrected chi connectivity index (χ1v) is 7.83. The predicted molar refractivity (Wildman–Crippen MR) is 95.7 cm³/mol. The molecule has 0 radical (unpaired) electrons. The number of rotatable bonds is 5. The molecular weight excluding hydrogens is 352 g/mol. The van der Waals surface area contributed by atoms with Gasteiger partial charge in [-0.3, -0.25) is 10.1 Å². The summed E-state index contributed by atoms with van der Waals surface area (Å²) in [7, 11) is 0. The third kappa shape index (κ3) is 3.49. The van der Waals surface area contributed by atoms with Gasteiger partial charge in [0.25, 0.3) is 11.6 Å². The molecule has 0 bridgehead atoms. The molecule has 1 aliphatic rings. The molecule has 0 fully saturated rings. The summed E-state index contributed by atoms with van der Waals surface area (Å²) >= 11 is 0. The van der Waals surface area contributed by atoms with Crippen LogP contribution in [0.4, 0.5) is 11.6 Å². The van der Waals surface area contributed by atoms with Crippen molar-refractivity contribution >= 4 is 17.9 Å². The van der Waals surface area contributed by atoms with E-state index in [4.69, 9.17) is 9.47 Å². The summed E-state index contributed by atoms with van der Waals surface area (Å²) in [5, 5.41) is 23.0. The largest absolute Gasteiger partial charge is 0.454 e. The quantitative estimate of drug-likeness (QED) is 0.416. The number of nitrogens with zero attached hydrogens (tertiary/aromatic N) is 5. The number of ether oxygens (including phenoxy) is 2. The third-order valence-corrected chi connectivity index (χ3v) is 3.72. The molecule has 0 atom stereocenters. The van der Waals surface area contributed by atoms with Gasteiger partial charge >= 0.3 is 0 Å². The van der Waals surface area contributed by atoms with Crippen LogP contribution in [0.15, 0.2) is 53.8 Å². The van der Waals surface area contributed by atoms with Gasteiger partial charge in [0.15, 0.2) is 11.5 Å². The van der Waals surface area contributed by atoms with Crippen LogP contribution in [-0.4, -0.2) is 33.1 Å². The van der Waals surface area contributed by atoms with Gasteiger partial charge in [-0.2, -0.15) is 10.2 Å². The van der Waals surface area contributed by atoms with Crippen molar-refractivity contribution in [1.29, 1.82) is 0 Å². The van der Waals surface area contributed by atoms with Gasteiger partial charge in [-0.05, 0) is 6.07 Å². The monoisotopic (exact) mass is 364 g/mol. The second kappa shape index (κ2) is 7.04. The molecule has 1 aliphatic heterocycles. The number of fused-ring (bicyclic) bond motifs is 1. The second-order valence-electron chi connectivity index (χ2n) is 5.42. The Labute approximate surface area is 152 Å². The Bertz CT molecular complexity index is 1030. The van der Waals surface area contributed by atoms with E-state index < -0.39 is 4.92 Å². The third-order valence-electron chi connectivity index (χ3n) is 3.72. The van der Waals surface area contributed by atoms with Crippen LogP contribution >= 0.6 is 0 Å². The van der Waals surface area contributed by atoms with E-state index in [0.717, 1.165) is 5.56 Å². The Balaban J connectivity index is 1.56. The first-order chi connectivity index (χ1) is 13.2. The maximum Gasteiger partial charge on any atom is 0.282 e. The molecule has 134 valence electrons. The van der Waals surface area contributed by atoms with Crippen molar-refractivity contribution in [2.45, 2.75) is 0 Å². The van der Waals surface area contributed by atoms with Gasteiger partial charge in [-0.25, -0.2) is 10.4 Å². The van der Waals surface area contributed by atoms with E-state index in [1.165, 1.54) is 24.5 Å². The average molecular weight is 364 g/mol. The molecule has 10 nitrogen and oxygen atoms in total. The molecule has 0 unspecified atom stereocenters. The molecule has 2 aromatic carbocycles. The van der Waals surface area contributed by atoms with Gasteiger partial charge in [0.1, 0.15) is 0 Å². The van der Waals surface area contributed by atoms with Gasteiger partial charge in [-0.15, -0.1) is 5.10 Å². The van der Waals surface area contributed by atoms with Crippen LogP contribution in [0.2, 0.25) is 0 Å². The maximum absolute atomic E-state index is 11.2. The number of nitro groups is 1. The van der Waals surface area contributed by atoms with Crippen molar-refractivity contribution in [3.63, 3.8) is 0 Å². The fourth-order valence-corrected chi connectivity index (χ4v) is 2.47. The highest BCUT2D eigenvalue weighted by Crippen LogP contribution is 2.37. The summed E-state index contributed by atoms with van der Waals surface area (Å²) in [5.74, 6) is 0.914. The number of hydrogen-bond acceptors (Lipinski definition) is 9. The molecule has 0 spiro atoms. The molecule has 0 saturated heterocycles. The Morgan fingerprint density at radius 2 is 1.96 bits per heavy atom. The van der Waals surface area contributed by atoms with Gasteiger partial charge < -0.3 is 9.47 Å². The van der Waals surface area contributed by atoms with E-state index in [9.17, 15) is 10.1 Å². The Morgan fingerprint density at radius 3 is 2.74 bits per heavy atom. The van der Waals surface area contributed by atoms with Crippen molar-refractivity contribution in [2.75, 3.05) is 12.2 Å². The number of nitrogens with one attached hydrogen (secondary N) is 1. The number of benzene rings is 2. The number of hydrogen-bond donors (Lipinski definition) is 1. The highest BCUT2D eigenvalue weighted by Gasteiger charge is 2.22. The van der Waals surface area contributed by atoms with E-state index in [0.29, 0.717) is 17.2 Å². The Kier molecular flexibility index (Phi) is 4.27. The lowest BCUT2D eigenvalue weighted by Crippen LogP contribution is -2.01. The zero-order valence-electron chi connectivity index (χ0n) is 13.8. The van der Waals surface area contributed by atoms with Crippen molar-refractivity contribution < 1.29 is 14.4 Å². The van der Waals surface area contributed by atoms with Crippen molar-refractivity contribution in [3.05, 3.63) is 64.3 Å². The van der Waals surface area contributed by atoms with Crippen LogP contribution in [0, 0.1) is 10.1 Å². The number of anilines is 1. The summed E-state index contributed by atoms with van der Waals surface area (Å²) < 4.78 is 10.4. The lowest BCUT2D eigenvalue weighted by atomic mass is 10.1.